The van der Waals surface area contributed by atoms with Crippen LogP contribution in [0.3, 0.4) is 0 Å². The summed E-state index contributed by atoms with van der Waals surface area (Å²) in [5.74, 6) is 1.55. The number of thiophene rings is 1. The molecule has 0 N–H and O–H groups in total. The second-order valence-corrected chi connectivity index (χ2v) is 6.48. The minimum Gasteiger partial charge on any atom is -0.338 e. The molecule has 0 atom stereocenters. The zero-order chi connectivity index (χ0) is 14.5. The summed E-state index contributed by atoms with van der Waals surface area (Å²) >= 11 is 1.84. The predicted octanol–water partition coefficient (Wildman–Crippen LogP) is 2.40. The lowest BCUT2D eigenvalue weighted by Gasteiger charge is -2.20. The lowest BCUT2D eigenvalue weighted by molar-refractivity contribution is 0.222. The molecule has 114 valence electrons. The van der Waals surface area contributed by atoms with Crippen LogP contribution in [0.15, 0.2) is 22.0 Å². The minimum atomic E-state index is 0.749. The Kier molecular flexibility index (Phi) is 5.00. The second-order valence-electron chi connectivity index (χ2n) is 5.44. The van der Waals surface area contributed by atoms with Crippen LogP contribution in [-0.2, 0) is 19.5 Å². The topological polar surface area (TPSA) is 45.4 Å². The molecule has 21 heavy (non-hydrogen) atoms. The summed E-state index contributed by atoms with van der Waals surface area (Å²) in [6.45, 7) is 8.33. The van der Waals surface area contributed by atoms with Crippen molar-refractivity contribution in [1.29, 1.82) is 0 Å². The highest BCUT2D eigenvalue weighted by molar-refractivity contribution is 7.09. The van der Waals surface area contributed by atoms with E-state index in [0.29, 0.717) is 0 Å². The van der Waals surface area contributed by atoms with Crippen molar-refractivity contribution in [2.75, 3.05) is 26.2 Å². The maximum absolute atomic E-state index is 5.30. The van der Waals surface area contributed by atoms with Gasteiger partial charge in [-0.15, -0.1) is 11.3 Å². The van der Waals surface area contributed by atoms with E-state index in [1.165, 1.54) is 17.8 Å². The zero-order valence-corrected chi connectivity index (χ0v) is 13.3. The van der Waals surface area contributed by atoms with E-state index in [-0.39, 0.29) is 0 Å². The second kappa shape index (κ2) is 7.15. The Balaban J connectivity index is 1.50. The molecular formula is C15H22N4OS. The zero-order valence-electron chi connectivity index (χ0n) is 12.5. The van der Waals surface area contributed by atoms with Gasteiger partial charge in [-0.3, -0.25) is 9.80 Å². The molecule has 0 radical (unpaired) electrons. The molecule has 6 heteroatoms. The van der Waals surface area contributed by atoms with Crippen molar-refractivity contribution in [3.8, 4) is 0 Å². The van der Waals surface area contributed by atoms with E-state index in [2.05, 4.69) is 37.5 Å². The van der Waals surface area contributed by atoms with Gasteiger partial charge in [0, 0.05) is 30.9 Å². The van der Waals surface area contributed by atoms with E-state index in [1.54, 1.807) is 0 Å². The molecule has 0 aromatic carbocycles. The normalized spacial score (nSPS) is 18.0. The molecule has 3 rings (SSSR count). The first-order valence-electron chi connectivity index (χ1n) is 7.62. The molecule has 0 amide bonds. The molecule has 0 aliphatic carbocycles. The van der Waals surface area contributed by atoms with Crippen molar-refractivity contribution in [3.05, 3.63) is 34.1 Å². The summed E-state index contributed by atoms with van der Waals surface area (Å²) in [4.78, 5) is 10.8. The van der Waals surface area contributed by atoms with Gasteiger partial charge in [-0.25, -0.2) is 0 Å². The minimum absolute atomic E-state index is 0.749. The van der Waals surface area contributed by atoms with Crippen molar-refractivity contribution in [3.63, 3.8) is 0 Å². The van der Waals surface area contributed by atoms with Crippen molar-refractivity contribution >= 4 is 11.3 Å². The molecule has 0 unspecified atom stereocenters. The highest BCUT2D eigenvalue weighted by atomic mass is 32.1. The van der Waals surface area contributed by atoms with E-state index in [4.69, 9.17) is 4.52 Å². The van der Waals surface area contributed by atoms with E-state index in [0.717, 1.165) is 50.9 Å². The van der Waals surface area contributed by atoms with Crippen molar-refractivity contribution in [2.45, 2.75) is 32.9 Å². The molecule has 1 saturated heterocycles. The molecule has 0 saturated carbocycles. The van der Waals surface area contributed by atoms with Crippen LogP contribution in [0.25, 0.3) is 0 Å². The highest BCUT2D eigenvalue weighted by Gasteiger charge is 2.17. The summed E-state index contributed by atoms with van der Waals surface area (Å²) in [6, 6.07) is 4.35. The van der Waals surface area contributed by atoms with Crippen molar-refractivity contribution < 1.29 is 4.52 Å². The van der Waals surface area contributed by atoms with Crippen LogP contribution < -0.4 is 0 Å². The molecule has 1 aliphatic heterocycles. The molecule has 2 aromatic rings. The number of aromatic nitrogens is 2. The maximum atomic E-state index is 5.30. The third-order valence-corrected chi connectivity index (χ3v) is 4.69. The third kappa shape index (κ3) is 4.12. The average Bonchev–Trinajstić information content (AvgIpc) is 3.10. The van der Waals surface area contributed by atoms with Gasteiger partial charge in [-0.2, -0.15) is 4.98 Å². The molecule has 2 aromatic heterocycles. The van der Waals surface area contributed by atoms with Gasteiger partial charge < -0.3 is 4.52 Å². The lowest BCUT2D eigenvalue weighted by atomic mass is 10.3. The van der Waals surface area contributed by atoms with Crippen molar-refractivity contribution in [1.82, 2.24) is 19.9 Å². The molecule has 5 nitrogen and oxygen atoms in total. The molecule has 0 spiro atoms. The fourth-order valence-corrected chi connectivity index (χ4v) is 3.40. The summed E-state index contributed by atoms with van der Waals surface area (Å²) in [5.41, 5.74) is 0. The van der Waals surface area contributed by atoms with Crippen LogP contribution in [0.4, 0.5) is 0 Å². The quantitative estimate of drug-likeness (QED) is 0.849. The van der Waals surface area contributed by atoms with Gasteiger partial charge in [0.25, 0.3) is 0 Å². The summed E-state index contributed by atoms with van der Waals surface area (Å²) in [5, 5.41) is 6.12. The predicted molar refractivity (Wildman–Crippen MR) is 83.2 cm³/mol. The number of nitrogens with zero attached hydrogens (tertiary/aromatic N) is 4. The molecule has 1 fully saturated rings. The maximum Gasteiger partial charge on any atom is 0.240 e. The number of hydrogen-bond acceptors (Lipinski definition) is 6. The first kappa shape index (κ1) is 14.7. The molecule has 3 heterocycles. The van der Waals surface area contributed by atoms with Gasteiger partial charge in [-0.05, 0) is 31.0 Å². The Labute approximate surface area is 129 Å². The number of rotatable bonds is 5. The largest absolute Gasteiger partial charge is 0.338 e. The Bertz CT molecular complexity index is 540. The van der Waals surface area contributed by atoms with Crippen LogP contribution in [0.5, 0.6) is 0 Å². The summed E-state index contributed by atoms with van der Waals surface area (Å²) in [7, 11) is 0. The summed E-state index contributed by atoms with van der Waals surface area (Å²) < 4.78 is 5.30. The molecule has 0 bridgehead atoms. The van der Waals surface area contributed by atoms with Crippen LogP contribution in [0, 0.1) is 0 Å². The van der Waals surface area contributed by atoms with Gasteiger partial charge in [0.1, 0.15) is 0 Å². The van der Waals surface area contributed by atoms with E-state index >= 15 is 0 Å². The Morgan fingerprint density at radius 1 is 1.19 bits per heavy atom. The number of aryl methyl sites for hydroxylation is 1. The van der Waals surface area contributed by atoms with Gasteiger partial charge >= 0.3 is 0 Å². The van der Waals surface area contributed by atoms with E-state index in [1.807, 2.05) is 18.3 Å². The third-order valence-electron chi connectivity index (χ3n) is 3.83. The van der Waals surface area contributed by atoms with Crippen LogP contribution in [0.1, 0.15) is 29.9 Å². The van der Waals surface area contributed by atoms with Crippen LogP contribution >= 0.6 is 11.3 Å². The van der Waals surface area contributed by atoms with Crippen LogP contribution in [-0.4, -0.2) is 46.1 Å². The fourth-order valence-electron chi connectivity index (χ4n) is 2.65. The van der Waals surface area contributed by atoms with Gasteiger partial charge in [0.05, 0.1) is 6.54 Å². The molecular weight excluding hydrogens is 284 g/mol. The highest BCUT2D eigenvalue weighted by Crippen LogP contribution is 2.14. The summed E-state index contributed by atoms with van der Waals surface area (Å²) in [6.07, 6.45) is 2.03. The number of hydrogen-bond donors (Lipinski definition) is 0. The Hall–Kier alpha value is -1.24. The first-order valence-corrected chi connectivity index (χ1v) is 8.50. The van der Waals surface area contributed by atoms with Gasteiger partial charge in [-0.1, -0.05) is 18.1 Å². The van der Waals surface area contributed by atoms with E-state index in [9.17, 15) is 0 Å². The smallest absolute Gasteiger partial charge is 0.240 e. The average molecular weight is 306 g/mol. The Morgan fingerprint density at radius 2 is 2.00 bits per heavy atom. The van der Waals surface area contributed by atoms with Gasteiger partial charge in [0.15, 0.2) is 5.82 Å². The standard InChI is InChI=1S/C15H22N4OS/c1-2-14-16-15(20-17-14)12-19-7-4-6-18(8-9-19)11-13-5-3-10-21-13/h3,5,10H,2,4,6-9,11-12H2,1H3. The monoisotopic (exact) mass is 306 g/mol. The molecule has 1 aliphatic rings. The Morgan fingerprint density at radius 3 is 2.67 bits per heavy atom. The lowest BCUT2D eigenvalue weighted by Crippen LogP contribution is -2.30. The fraction of sp³-hybridized carbons (Fsp3) is 0.600. The van der Waals surface area contributed by atoms with Crippen LogP contribution in [0.2, 0.25) is 0 Å². The van der Waals surface area contributed by atoms with Crippen molar-refractivity contribution in [2.24, 2.45) is 0 Å². The van der Waals surface area contributed by atoms with E-state index < -0.39 is 0 Å². The SMILES string of the molecule is CCc1noc(CN2CCCN(Cc3cccs3)CC2)n1. The van der Waals surface area contributed by atoms with Gasteiger partial charge in [0.2, 0.25) is 5.89 Å². The first-order chi connectivity index (χ1) is 10.3.